The van der Waals surface area contributed by atoms with Crippen molar-refractivity contribution in [3.05, 3.63) is 11.9 Å². The number of nitrogens with two attached hydrogens (primary N) is 1. The Kier molecular flexibility index (Phi) is 4.24. The number of nitrogens with zero attached hydrogens (tertiary/aromatic N) is 4. The fourth-order valence-corrected chi connectivity index (χ4v) is 2.27. The molecule has 5 nitrogen and oxygen atoms in total. The van der Waals surface area contributed by atoms with Gasteiger partial charge in [-0.3, -0.25) is 0 Å². The van der Waals surface area contributed by atoms with Crippen LogP contribution in [0.25, 0.3) is 0 Å². The molecular weight excluding hydrogens is 238 g/mol. The molecule has 0 aliphatic carbocycles. The van der Waals surface area contributed by atoms with Gasteiger partial charge in [0.05, 0.1) is 0 Å². The van der Waals surface area contributed by atoms with E-state index in [1.54, 1.807) is 0 Å². The third kappa shape index (κ3) is 3.35. The van der Waals surface area contributed by atoms with Gasteiger partial charge in [0, 0.05) is 38.3 Å². The maximum absolute atomic E-state index is 5.96. The molecule has 2 heterocycles. The lowest BCUT2D eigenvalue weighted by atomic mass is 10.1. The number of aryl methyl sites for hydroxylation is 1. The van der Waals surface area contributed by atoms with Crippen molar-refractivity contribution in [1.82, 2.24) is 9.97 Å². The molecule has 1 aromatic rings. The Labute approximate surface area is 115 Å². The molecule has 0 aromatic carbocycles. The van der Waals surface area contributed by atoms with Crippen LogP contribution in [0.4, 0.5) is 11.6 Å². The molecule has 0 spiro atoms. The van der Waals surface area contributed by atoms with Gasteiger partial charge >= 0.3 is 0 Å². The first-order valence-electron chi connectivity index (χ1n) is 7.06. The zero-order chi connectivity index (χ0) is 14.0. The minimum atomic E-state index is 0.344. The molecule has 0 saturated carbocycles. The predicted octanol–water partition coefficient (Wildman–Crippen LogP) is 1.56. The summed E-state index contributed by atoms with van der Waals surface area (Å²) < 4.78 is 0. The van der Waals surface area contributed by atoms with Crippen LogP contribution < -0.4 is 15.5 Å². The van der Waals surface area contributed by atoms with E-state index in [-0.39, 0.29) is 0 Å². The van der Waals surface area contributed by atoms with Crippen molar-refractivity contribution in [3.63, 3.8) is 0 Å². The van der Waals surface area contributed by atoms with Crippen LogP contribution in [0.3, 0.4) is 0 Å². The molecule has 1 aliphatic rings. The van der Waals surface area contributed by atoms with Crippen molar-refractivity contribution < 1.29 is 0 Å². The highest BCUT2D eigenvalue weighted by atomic mass is 15.2. The Hall–Kier alpha value is -1.36. The summed E-state index contributed by atoms with van der Waals surface area (Å²) >= 11 is 0. The van der Waals surface area contributed by atoms with Gasteiger partial charge in [-0.2, -0.15) is 0 Å². The van der Waals surface area contributed by atoms with Crippen LogP contribution in [-0.4, -0.2) is 42.2 Å². The highest BCUT2D eigenvalue weighted by molar-refractivity contribution is 5.51. The van der Waals surface area contributed by atoms with E-state index in [4.69, 9.17) is 5.73 Å². The average Bonchev–Trinajstić information content (AvgIpc) is 2.37. The van der Waals surface area contributed by atoms with Crippen LogP contribution in [-0.2, 0) is 0 Å². The molecule has 0 radical (unpaired) electrons. The van der Waals surface area contributed by atoms with Crippen molar-refractivity contribution in [2.45, 2.75) is 45.7 Å². The highest BCUT2D eigenvalue weighted by Gasteiger charge is 2.19. The molecule has 2 rings (SSSR count). The fraction of sp³-hybridized carbons (Fsp3) is 0.714. The molecule has 1 saturated heterocycles. The van der Waals surface area contributed by atoms with Crippen LogP contribution in [0.1, 0.15) is 32.5 Å². The average molecular weight is 263 g/mol. The van der Waals surface area contributed by atoms with Gasteiger partial charge in [0.1, 0.15) is 17.5 Å². The van der Waals surface area contributed by atoms with Crippen molar-refractivity contribution >= 4 is 11.6 Å². The summed E-state index contributed by atoms with van der Waals surface area (Å²) in [4.78, 5) is 13.6. The Bertz CT molecular complexity index is 424. The van der Waals surface area contributed by atoms with Gasteiger partial charge in [0.15, 0.2) is 0 Å². The lowest BCUT2D eigenvalue weighted by Gasteiger charge is -2.32. The van der Waals surface area contributed by atoms with Crippen LogP contribution in [0, 0.1) is 6.92 Å². The number of hydrogen-bond acceptors (Lipinski definition) is 5. The van der Waals surface area contributed by atoms with Gasteiger partial charge in [-0.05, 0) is 33.6 Å². The van der Waals surface area contributed by atoms with E-state index in [2.05, 4.69) is 46.7 Å². The van der Waals surface area contributed by atoms with Gasteiger partial charge in [-0.1, -0.05) is 0 Å². The second-order valence-electron chi connectivity index (χ2n) is 5.66. The Morgan fingerprint density at radius 2 is 1.95 bits per heavy atom. The van der Waals surface area contributed by atoms with E-state index in [9.17, 15) is 0 Å². The van der Waals surface area contributed by atoms with Gasteiger partial charge in [-0.15, -0.1) is 0 Å². The molecular formula is C14H25N5. The zero-order valence-electron chi connectivity index (χ0n) is 12.4. The second-order valence-corrected chi connectivity index (χ2v) is 5.66. The molecule has 2 N–H and O–H groups in total. The third-order valence-corrected chi connectivity index (χ3v) is 3.81. The second kappa shape index (κ2) is 5.74. The summed E-state index contributed by atoms with van der Waals surface area (Å²) in [5, 5.41) is 0. The summed E-state index contributed by atoms with van der Waals surface area (Å²) in [6, 6.07) is 2.86. The smallest absolute Gasteiger partial charge is 0.134 e. The highest BCUT2D eigenvalue weighted by Crippen LogP contribution is 2.22. The predicted molar refractivity (Wildman–Crippen MR) is 79.7 cm³/mol. The molecule has 0 unspecified atom stereocenters. The maximum atomic E-state index is 5.96. The first kappa shape index (κ1) is 14.1. The molecule has 1 aromatic heterocycles. The van der Waals surface area contributed by atoms with E-state index in [1.807, 2.05) is 6.92 Å². The standard InChI is InChI=1S/C14H25N5/c1-10(2)18(4)13-9-14(17-11(3)16-13)19-7-5-12(15)6-8-19/h9-10,12H,5-8,15H2,1-4H3. The minimum Gasteiger partial charge on any atom is -0.357 e. The molecule has 0 atom stereocenters. The summed E-state index contributed by atoms with van der Waals surface area (Å²) in [6.07, 6.45) is 2.08. The van der Waals surface area contributed by atoms with E-state index in [1.165, 1.54) is 0 Å². The molecule has 1 fully saturated rings. The molecule has 1 aliphatic heterocycles. The van der Waals surface area contributed by atoms with Crippen LogP contribution in [0.5, 0.6) is 0 Å². The lowest BCUT2D eigenvalue weighted by molar-refractivity contribution is 0.498. The van der Waals surface area contributed by atoms with Gasteiger partial charge in [0.2, 0.25) is 0 Å². The van der Waals surface area contributed by atoms with E-state index < -0.39 is 0 Å². The maximum Gasteiger partial charge on any atom is 0.134 e. The van der Waals surface area contributed by atoms with Crippen LogP contribution in [0.2, 0.25) is 0 Å². The monoisotopic (exact) mass is 263 g/mol. The molecule has 0 amide bonds. The SMILES string of the molecule is Cc1nc(N2CCC(N)CC2)cc(N(C)C(C)C)n1. The quantitative estimate of drug-likeness (QED) is 0.897. The minimum absolute atomic E-state index is 0.344. The van der Waals surface area contributed by atoms with E-state index in [0.717, 1.165) is 43.4 Å². The summed E-state index contributed by atoms with van der Waals surface area (Å²) in [5.41, 5.74) is 5.96. The molecule has 19 heavy (non-hydrogen) atoms. The lowest BCUT2D eigenvalue weighted by Crippen LogP contribution is -2.40. The molecule has 0 bridgehead atoms. The van der Waals surface area contributed by atoms with Crippen molar-refractivity contribution in [1.29, 1.82) is 0 Å². The summed E-state index contributed by atoms with van der Waals surface area (Å²) in [7, 11) is 2.07. The third-order valence-electron chi connectivity index (χ3n) is 3.81. The number of rotatable bonds is 3. The van der Waals surface area contributed by atoms with Gasteiger partial charge in [-0.25, -0.2) is 9.97 Å². The van der Waals surface area contributed by atoms with Gasteiger partial charge < -0.3 is 15.5 Å². The first-order valence-corrected chi connectivity index (χ1v) is 7.06. The van der Waals surface area contributed by atoms with Crippen LogP contribution in [0.15, 0.2) is 6.07 Å². The first-order chi connectivity index (χ1) is 8.97. The Morgan fingerprint density at radius 1 is 1.32 bits per heavy atom. The zero-order valence-corrected chi connectivity index (χ0v) is 12.4. The summed E-state index contributed by atoms with van der Waals surface area (Å²) in [5.74, 6) is 2.85. The fourth-order valence-electron chi connectivity index (χ4n) is 2.27. The number of hydrogen-bond donors (Lipinski definition) is 1. The largest absolute Gasteiger partial charge is 0.357 e. The van der Waals surface area contributed by atoms with Crippen LogP contribution >= 0.6 is 0 Å². The van der Waals surface area contributed by atoms with Crippen molar-refractivity contribution in [2.75, 3.05) is 29.9 Å². The molecule has 5 heteroatoms. The number of aromatic nitrogens is 2. The number of piperidine rings is 1. The summed E-state index contributed by atoms with van der Waals surface area (Å²) in [6.45, 7) is 8.26. The molecule has 106 valence electrons. The van der Waals surface area contributed by atoms with Crippen molar-refractivity contribution in [2.24, 2.45) is 5.73 Å². The Morgan fingerprint density at radius 3 is 2.53 bits per heavy atom. The number of anilines is 2. The normalized spacial score (nSPS) is 17.1. The topological polar surface area (TPSA) is 58.3 Å². The van der Waals surface area contributed by atoms with E-state index >= 15 is 0 Å². The van der Waals surface area contributed by atoms with E-state index in [0.29, 0.717) is 12.1 Å². The van der Waals surface area contributed by atoms with Crippen molar-refractivity contribution in [3.8, 4) is 0 Å². The Balaban J connectivity index is 2.21. The van der Waals surface area contributed by atoms with Gasteiger partial charge in [0.25, 0.3) is 0 Å².